The van der Waals surface area contributed by atoms with E-state index in [4.69, 9.17) is 9.84 Å². The second-order valence-corrected chi connectivity index (χ2v) is 3.09. The maximum absolute atomic E-state index is 8.98. The zero-order chi connectivity index (χ0) is 9.84. The number of aliphatic hydroxyl groups is 1. The first kappa shape index (κ1) is 10.1. The standard InChI is InChI=1S/C8H15N3O2/c1-6(2)11-7(4-12)9-10-8(11)5-13-3/h6,12H,4-5H2,1-3H3. The predicted molar refractivity (Wildman–Crippen MR) is 47.0 cm³/mol. The molecule has 1 rings (SSSR count). The molecular formula is C8H15N3O2. The first-order valence-corrected chi connectivity index (χ1v) is 4.23. The molecule has 1 aromatic heterocycles. The van der Waals surface area contributed by atoms with Crippen molar-refractivity contribution in [3.63, 3.8) is 0 Å². The summed E-state index contributed by atoms with van der Waals surface area (Å²) in [6.07, 6.45) is 0. The third kappa shape index (κ3) is 2.05. The van der Waals surface area contributed by atoms with Gasteiger partial charge in [-0.3, -0.25) is 0 Å². The second kappa shape index (κ2) is 4.34. The molecule has 0 fully saturated rings. The van der Waals surface area contributed by atoms with Crippen LogP contribution in [0.3, 0.4) is 0 Å². The van der Waals surface area contributed by atoms with Crippen LogP contribution in [-0.4, -0.2) is 27.0 Å². The van der Waals surface area contributed by atoms with Crippen LogP contribution in [-0.2, 0) is 18.0 Å². The minimum atomic E-state index is -0.0884. The topological polar surface area (TPSA) is 60.2 Å². The molecule has 0 unspecified atom stereocenters. The maximum atomic E-state index is 8.98. The summed E-state index contributed by atoms with van der Waals surface area (Å²) in [7, 11) is 1.61. The van der Waals surface area contributed by atoms with Gasteiger partial charge in [0.25, 0.3) is 0 Å². The van der Waals surface area contributed by atoms with Crippen LogP contribution in [0.2, 0.25) is 0 Å². The molecule has 0 atom stereocenters. The van der Waals surface area contributed by atoms with E-state index < -0.39 is 0 Å². The number of aromatic nitrogens is 3. The number of aliphatic hydroxyl groups excluding tert-OH is 1. The molecule has 1 heterocycles. The predicted octanol–water partition coefficient (Wildman–Crippen LogP) is 0.498. The van der Waals surface area contributed by atoms with Gasteiger partial charge in [0.05, 0.1) is 0 Å². The molecular weight excluding hydrogens is 170 g/mol. The molecule has 0 spiro atoms. The zero-order valence-electron chi connectivity index (χ0n) is 8.19. The Morgan fingerprint density at radius 2 is 2.00 bits per heavy atom. The maximum Gasteiger partial charge on any atom is 0.159 e. The molecule has 0 saturated heterocycles. The molecule has 5 nitrogen and oxygen atoms in total. The molecule has 0 aliphatic carbocycles. The third-order valence-electron chi connectivity index (χ3n) is 1.77. The summed E-state index contributed by atoms with van der Waals surface area (Å²) in [6, 6.07) is 0.238. The van der Waals surface area contributed by atoms with Gasteiger partial charge in [-0.2, -0.15) is 0 Å². The highest BCUT2D eigenvalue weighted by Crippen LogP contribution is 2.11. The van der Waals surface area contributed by atoms with Crippen molar-refractivity contribution in [2.45, 2.75) is 33.1 Å². The molecule has 0 aromatic carbocycles. The van der Waals surface area contributed by atoms with Gasteiger partial charge in [-0.1, -0.05) is 0 Å². The summed E-state index contributed by atoms with van der Waals surface area (Å²) in [6.45, 7) is 4.36. The molecule has 0 radical (unpaired) electrons. The van der Waals surface area contributed by atoms with E-state index in [2.05, 4.69) is 10.2 Å². The number of methoxy groups -OCH3 is 1. The minimum Gasteiger partial charge on any atom is -0.388 e. The van der Waals surface area contributed by atoms with Gasteiger partial charge in [0.1, 0.15) is 13.2 Å². The van der Waals surface area contributed by atoms with E-state index in [-0.39, 0.29) is 12.6 Å². The molecule has 1 N–H and O–H groups in total. The van der Waals surface area contributed by atoms with Gasteiger partial charge >= 0.3 is 0 Å². The zero-order valence-corrected chi connectivity index (χ0v) is 8.19. The second-order valence-electron chi connectivity index (χ2n) is 3.09. The van der Waals surface area contributed by atoms with Crippen LogP contribution in [0.25, 0.3) is 0 Å². The van der Waals surface area contributed by atoms with Crippen LogP contribution in [0, 0.1) is 0 Å². The Kier molecular flexibility index (Phi) is 3.39. The van der Waals surface area contributed by atoms with Gasteiger partial charge in [-0.05, 0) is 13.8 Å². The largest absolute Gasteiger partial charge is 0.388 e. The van der Waals surface area contributed by atoms with E-state index in [0.717, 1.165) is 5.82 Å². The molecule has 0 saturated carbocycles. The lowest BCUT2D eigenvalue weighted by Crippen LogP contribution is -2.10. The number of nitrogens with zero attached hydrogens (tertiary/aromatic N) is 3. The van der Waals surface area contributed by atoms with Gasteiger partial charge in [-0.25, -0.2) is 0 Å². The van der Waals surface area contributed by atoms with Crippen molar-refractivity contribution in [3.8, 4) is 0 Å². The van der Waals surface area contributed by atoms with Crippen molar-refractivity contribution >= 4 is 0 Å². The Balaban J connectivity index is 2.99. The average molecular weight is 185 g/mol. The Labute approximate surface area is 77.4 Å². The van der Waals surface area contributed by atoms with E-state index in [0.29, 0.717) is 12.4 Å². The van der Waals surface area contributed by atoms with Crippen molar-refractivity contribution in [3.05, 3.63) is 11.6 Å². The van der Waals surface area contributed by atoms with Crippen molar-refractivity contribution < 1.29 is 9.84 Å². The SMILES string of the molecule is COCc1nnc(CO)n1C(C)C. The molecule has 74 valence electrons. The van der Waals surface area contributed by atoms with E-state index >= 15 is 0 Å². The number of hydrogen-bond acceptors (Lipinski definition) is 4. The van der Waals surface area contributed by atoms with Gasteiger partial charge in [0.2, 0.25) is 0 Å². The molecule has 1 aromatic rings. The lowest BCUT2D eigenvalue weighted by Gasteiger charge is -2.12. The third-order valence-corrected chi connectivity index (χ3v) is 1.77. The van der Waals surface area contributed by atoms with Crippen molar-refractivity contribution in [2.75, 3.05) is 7.11 Å². The van der Waals surface area contributed by atoms with E-state index in [1.54, 1.807) is 7.11 Å². The minimum absolute atomic E-state index is 0.0884. The fourth-order valence-corrected chi connectivity index (χ4v) is 1.29. The van der Waals surface area contributed by atoms with E-state index in [1.165, 1.54) is 0 Å². The fraction of sp³-hybridized carbons (Fsp3) is 0.750. The highest BCUT2D eigenvalue weighted by Gasteiger charge is 2.12. The summed E-state index contributed by atoms with van der Waals surface area (Å²) in [5.41, 5.74) is 0. The highest BCUT2D eigenvalue weighted by molar-refractivity contribution is 4.95. The van der Waals surface area contributed by atoms with Crippen LogP contribution in [0.4, 0.5) is 0 Å². The molecule has 0 amide bonds. The lowest BCUT2D eigenvalue weighted by atomic mass is 10.3. The summed E-state index contributed by atoms with van der Waals surface area (Å²) < 4.78 is 6.85. The fourth-order valence-electron chi connectivity index (χ4n) is 1.29. The van der Waals surface area contributed by atoms with E-state index in [1.807, 2.05) is 18.4 Å². The number of ether oxygens (including phenoxy) is 1. The molecule has 0 bridgehead atoms. The summed E-state index contributed by atoms with van der Waals surface area (Å²) >= 11 is 0. The average Bonchev–Trinajstić information content (AvgIpc) is 2.48. The Bertz CT molecular complexity index is 270. The Hall–Kier alpha value is -0.940. The van der Waals surface area contributed by atoms with Gasteiger partial charge in [0.15, 0.2) is 11.6 Å². The molecule has 5 heteroatoms. The summed E-state index contributed by atoms with van der Waals surface area (Å²) in [4.78, 5) is 0. The summed E-state index contributed by atoms with van der Waals surface area (Å²) in [5.74, 6) is 1.34. The van der Waals surface area contributed by atoms with Crippen molar-refractivity contribution in [2.24, 2.45) is 0 Å². The highest BCUT2D eigenvalue weighted by atomic mass is 16.5. The Morgan fingerprint density at radius 1 is 1.38 bits per heavy atom. The number of hydrogen-bond donors (Lipinski definition) is 1. The first-order chi connectivity index (χ1) is 6.20. The van der Waals surface area contributed by atoms with Crippen molar-refractivity contribution in [1.82, 2.24) is 14.8 Å². The van der Waals surface area contributed by atoms with Crippen LogP contribution >= 0.6 is 0 Å². The van der Waals surface area contributed by atoms with Crippen LogP contribution in [0.1, 0.15) is 31.5 Å². The van der Waals surface area contributed by atoms with Gasteiger partial charge in [0, 0.05) is 13.2 Å². The monoisotopic (exact) mass is 185 g/mol. The van der Waals surface area contributed by atoms with Crippen LogP contribution in [0.5, 0.6) is 0 Å². The quantitative estimate of drug-likeness (QED) is 0.742. The normalized spacial score (nSPS) is 11.2. The molecule has 0 aliphatic heterocycles. The first-order valence-electron chi connectivity index (χ1n) is 4.23. The van der Waals surface area contributed by atoms with Crippen LogP contribution < -0.4 is 0 Å². The Morgan fingerprint density at radius 3 is 2.46 bits per heavy atom. The van der Waals surface area contributed by atoms with Gasteiger partial charge in [-0.15, -0.1) is 10.2 Å². The van der Waals surface area contributed by atoms with Crippen LogP contribution in [0.15, 0.2) is 0 Å². The number of rotatable bonds is 4. The molecule has 13 heavy (non-hydrogen) atoms. The van der Waals surface area contributed by atoms with Crippen molar-refractivity contribution in [1.29, 1.82) is 0 Å². The lowest BCUT2D eigenvalue weighted by molar-refractivity contribution is 0.171. The van der Waals surface area contributed by atoms with Gasteiger partial charge < -0.3 is 14.4 Å². The smallest absolute Gasteiger partial charge is 0.159 e. The molecule has 0 aliphatic rings. The van der Waals surface area contributed by atoms with E-state index in [9.17, 15) is 0 Å². The summed E-state index contributed by atoms with van der Waals surface area (Å²) in [5, 5.41) is 16.8.